The van der Waals surface area contributed by atoms with Crippen molar-refractivity contribution in [3.63, 3.8) is 0 Å². The minimum atomic E-state index is -0.228. The Labute approximate surface area is 105 Å². The minimum absolute atomic E-state index is 0.0233. The summed E-state index contributed by atoms with van der Waals surface area (Å²) in [5.74, 6) is 0.538. The molecule has 0 spiro atoms. The van der Waals surface area contributed by atoms with Crippen LogP contribution in [0.25, 0.3) is 0 Å². The van der Waals surface area contributed by atoms with E-state index in [0.29, 0.717) is 11.5 Å². The third-order valence-corrected chi connectivity index (χ3v) is 4.04. The number of hydrogen-bond acceptors (Lipinski definition) is 3. The number of H-pyrrole nitrogens is 1. The molecule has 0 aromatic carbocycles. The van der Waals surface area contributed by atoms with E-state index in [1.807, 2.05) is 4.90 Å². The molecule has 3 rings (SSSR count). The zero-order valence-electron chi connectivity index (χ0n) is 10.3. The average molecular weight is 247 g/mol. The Kier molecular flexibility index (Phi) is 2.70. The maximum absolute atomic E-state index is 12.5. The van der Waals surface area contributed by atoms with Gasteiger partial charge in [-0.3, -0.25) is 9.59 Å². The summed E-state index contributed by atoms with van der Waals surface area (Å²) in [5, 5.41) is 3.33. The second-order valence-electron chi connectivity index (χ2n) is 5.22. The van der Waals surface area contributed by atoms with E-state index in [1.54, 1.807) is 6.07 Å². The van der Waals surface area contributed by atoms with Gasteiger partial charge in [0.15, 0.2) is 0 Å². The van der Waals surface area contributed by atoms with Crippen LogP contribution in [0.3, 0.4) is 0 Å². The summed E-state index contributed by atoms with van der Waals surface area (Å²) in [6, 6.07) is 3.59. The van der Waals surface area contributed by atoms with Gasteiger partial charge in [-0.1, -0.05) is 0 Å². The fourth-order valence-electron chi connectivity index (χ4n) is 3.24. The maximum atomic E-state index is 12.5. The Hall–Kier alpha value is -1.62. The molecule has 2 aliphatic heterocycles. The van der Waals surface area contributed by atoms with Crippen LogP contribution in [0.4, 0.5) is 0 Å². The van der Waals surface area contributed by atoms with Gasteiger partial charge < -0.3 is 15.2 Å². The number of hydrogen-bond donors (Lipinski definition) is 2. The SMILES string of the molecule is CC1CC2CNCC2N1C(=O)c1cc[nH]c(=O)c1. The van der Waals surface area contributed by atoms with Crippen molar-refractivity contribution in [2.24, 2.45) is 5.92 Å². The van der Waals surface area contributed by atoms with Gasteiger partial charge in [0.25, 0.3) is 5.91 Å². The third kappa shape index (κ3) is 1.75. The van der Waals surface area contributed by atoms with Crippen molar-refractivity contribution < 1.29 is 4.79 Å². The molecule has 0 saturated carbocycles. The number of aromatic nitrogens is 1. The number of carbonyl (C=O) groups excluding carboxylic acids is 1. The van der Waals surface area contributed by atoms with Gasteiger partial charge >= 0.3 is 0 Å². The van der Waals surface area contributed by atoms with Crippen LogP contribution in [0.5, 0.6) is 0 Å². The topological polar surface area (TPSA) is 65.2 Å². The molecule has 2 N–H and O–H groups in total. The van der Waals surface area contributed by atoms with Crippen molar-refractivity contribution in [3.05, 3.63) is 34.2 Å². The molecule has 0 aliphatic carbocycles. The van der Waals surface area contributed by atoms with Crippen LogP contribution in [-0.4, -0.2) is 41.0 Å². The molecule has 18 heavy (non-hydrogen) atoms. The van der Waals surface area contributed by atoms with Crippen LogP contribution in [0.1, 0.15) is 23.7 Å². The highest BCUT2D eigenvalue weighted by Crippen LogP contribution is 2.33. The van der Waals surface area contributed by atoms with Crippen LogP contribution < -0.4 is 10.9 Å². The molecule has 5 nitrogen and oxygen atoms in total. The van der Waals surface area contributed by atoms with E-state index < -0.39 is 0 Å². The van der Waals surface area contributed by atoms with Crippen molar-refractivity contribution in [2.45, 2.75) is 25.4 Å². The first-order valence-electron chi connectivity index (χ1n) is 6.39. The number of rotatable bonds is 1. The van der Waals surface area contributed by atoms with Gasteiger partial charge in [-0.15, -0.1) is 0 Å². The molecule has 3 heterocycles. The number of amides is 1. The van der Waals surface area contributed by atoms with Gasteiger partial charge in [0, 0.05) is 43.0 Å². The van der Waals surface area contributed by atoms with Crippen LogP contribution in [0, 0.1) is 5.92 Å². The first-order chi connectivity index (χ1) is 8.66. The lowest BCUT2D eigenvalue weighted by Crippen LogP contribution is -2.43. The standard InChI is InChI=1S/C13H17N3O2/c1-8-4-10-6-14-7-11(10)16(8)13(18)9-2-3-15-12(17)5-9/h2-3,5,8,10-11,14H,4,6-7H2,1H3,(H,15,17). The lowest BCUT2D eigenvalue weighted by molar-refractivity contribution is 0.0682. The molecule has 0 bridgehead atoms. The predicted molar refractivity (Wildman–Crippen MR) is 67.5 cm³/mol. The zero-order valence-corrected chi connectivity index (χ0v) is 10.3. The fourth-order valence-corrected chi connectivity index (χ4v) is 3.24. The highest BCUT2D eigenvalue weighted by atomic mass is 16.2. The van der Waals surface area contributed by atoms with E-state index >= 15 is 0 Å². The third-order valence-electron chi connectivity index (χ3n) is 4.04. The molecule has 3 atom stereocenters. The van der Waals surface area contributed by atoms with E-state index in [1.165, 1.54) is 12.3 Å². The predicted octanol–water partition coefficient (Wildman–Crippen LogP) is 0.197. The first-order valence-corrected chi connectivity index (χ1v) is 6.39. The van der Waals surface area contributed by atoms with E-state index in [0.717, 1.165) is 19.5 Å². The van der Waals surface area contributed by atoms with Crippen LogP contribution in [0.2, 0.25) is 0 Å². The van der Waals surface area contributed by atoms with Crippen molar-refractivity contribution in [1.29, 1.82) is 0 Å². The summed E-state index contributed by atoms with van der Waals surface area (Å²) in [4.78, 5) is 28.3. The smallest absolute Gasteiger partial charge is 0.254 e. The monoisotopic (exact) mass is 247 g/mol. The average Bonchev–Trinajstić information content (AvgIpc) is 2.88. The number of fused-ring (bicyclic) bond motifs is 1. The van der Waals surface area contributed by atoms with Crippen molar-refractivity contribution in [1.82, 2.24) is 15.2 Å². The Bertz CT molecular complexity index is 525. The molecular formula is C13H17N3O2. The second kappa shape index (κ2) is 4.24. The lowest BCUT2D eigenvalue weighted by atomic mass is 10.0. The molecule has 2 aliphatic rings. The Morgan fingerprint density at radius 3 is 3.06 bits per heavy atom. The number of aromatic amines is 1. The molecule has 0 radical (unpaired) electrons. The lowest BCUT2D eigenvalue weighted by Gasteiger charge is -2.27. The summed E-state index contributed by atoms with van der Waals surface area (Å²) in [6.45, 7) is 3.95. The molecule has 5 heteroatoms. The number of likely N-dealkylation sites (tertiary alicyclic amines) is 1. The van der Waals surface area contributed by atoms with Gasteiger partial charge in [0.05, 0.1) is 0 Å². The van der Waals surface area contributed by atoms with Crippen LogP contribution in [0.15, 0.2) is 23.1 Å². The molecule has 96 valence electrons. The summed E-state index contributed by atoms with van der Waals surface area (Å²) in [7, 11) is 0. The summed E-state index contributed by atoms with van der Waals surface area (Å²) in [5.41, 5.74) is 0.256. The minimum Gasteiger partial charge on any atom is -0.331 e. The van der Waals surface area contributed by atoms with Crippen LogP contribution in [-0.2, 0) is 0 Å². The van der Waals surface area contributed by atoms with Crippen molar-refractivity contribution in [3.8, 4) is 0 Å². The van der Waals surface area contributed by atoms with E-state index in [2.05, 4.69) is 17.2 Å². The van der Waals surface area contributed by atoms with Crippen molar-refractivity contribution >= 4 is 5.91 Å². The number of nitrogens with zero attached hydrogens (tertiary/aromatic N) is 1. The summed E-state index contributed by atoms with van der Waals surface area (Å²) < 4.78 is 0. The molecule has 2 saturated heterocycles. The van der Waals surface area contributed by atoms with Crippen molar-refractivity contribution in [2.75, 3.05) is 13.1 Å². The molecule has 3 unspecified atom stereocenters. The number of carbonyl (C=O) groups is 1. The van der Waals surface area contributed by atoms with Gasteiger partial charge in [0.2, 0.25) is 5.56 Å². The molecule has 1 aromatic rings. The maximum Gasteiger partial charge on any atom is 0.254 e. The number of pyridine rings is 1. The van der Waals surface area contributed by atoms with Gasteiger partial charge in [0.1, 0.15) is 0 Å². The molecule has 1 amide bonds. The highest BCUT2D eigenvalue weighted by Gasteiger charge is 2.44. The zero-order chi connectivity index (χ0) is 12.7. The molecular weight excluding hydrogens is 230 g/mol. The van der Waals surface area contributed by atoms with E-state index in [9.17, 15) is 9.59 Å². The quantitative estimate of drug-likeness (QED) is 0.745. The molecule has 2 fully saturated rings. The molecule has 1 aromatic heterocycles. The van der Waals surface area contributed by atoms with E-state index in [4.69, 9.17) is 0 Å². The Balaban J connectivity index is 1.90. The fraction of sp³-hybridized carbons (Fsp3) is 0.538. The largest absolute Gasteiger partial charge is 0.331 e. The Morgan fingerprint density at radius 2 is 2.28 bits per heavy atom. The summed E-state index contributed by atoms with van der Waals surface area (Å²) >= 11 is 0. The second-order valence-corrected chi connectivity index (χ2v) is 5.22. The number of nitrogens with one attached hydrogen (secondary N) is 2. The Morgan fingerprint density at radius 1 is 1.44 bits per heavy atom. The highest BCUT2D eigenvalue weighted by molar-refractivity contribution is 5.94. The normalized spacial score (nSPS) is 30.5. The van der Waals surface area contributed by atoms with Crippen LogP contribution >= 0.6 is 0 Å². The first kappa shape index (κ1) is 11.5. The van der Waals surface area contributed by atoms with E-state index in [-0.39, 0.29) is 23.6 Å². The van der Waals surface area contributed by atoms with Gasteiger partial charge in [-0.25, -0.2) is 0 Å². The van der Waals surface area contributed by atoms with Gasteiger partial charge in [-0.05, 0) is 25.3 Å². The summed E-state index contributed by atoms with van der Waals surface area (Å²) in [6.07, 6.45) is 2.58. The van der Waals surface area contributed by atoms with Gasteiger partial charge in [-0.2, -0.15) is 0 Å².